The molecule has 0 unspecified atom stereocenters. The molecule has 1 aromatic carbocycles. The maximum Gasteiger partial charge on any atom is 0.451 e. The Morgan fingerprint density at radius 1 is 0.933 bits per heavy atom. The van der Waals surface area contributed by atoms with E-state index in [2.05, 4.69) is 9.97 Å². The van der Waals surface area contributed by atoms with Crippen LogP contribution in [0.2, 0.25) is 0 Å². The van der Waals surface area contributed by atoms with E-state index in [-0.39, 0.29) is 20.9 Å². The van der Waals surface area contributed by atoms with Gasteiger partial charge >= 0.3 is 17.6 Å². The summed E-state index contributed by atoms with van der Waals surface area (Å²) in [7, 11) is 0. The van der Waals surface area contributed by atoms with Crippen molar-refractivity contribution in [3.63, 3.8) is 0 Å². The van der Waals surface area contributed by atoms with Gasteiger partial charge < -0.3 is 0 Å². The third-order valence-corrected chi connectivity index (χ3v) is 4.55. The van der Waals surface area contributed by atoms with Gasteiger partial charge in [0.15, 0.2) is 0 Å². The fourth-order valence-electron chi connectivity index (χ4n) is 2.28. The van der Waals surface area contributed by atoms with Crippen LogP contribution in [0, 0.1) is 0 Å². The van der Waals surface area contributed by atoms with Crippen molar-refractivity contribution in [1.82, 2.24) is 14.9 Å². The Hall–Kier alpha value is -3.22. The highest BCUT2D eigenvalue weighted by Gasteiger charge is 2.40. The van der Waals surface area contributed by atoms with Crippen LogP contribution in [0.5, 0.6) is 0 Å². The predicted molar refractivity (Wildman–Crippen MR) is 90.6 cm³/mol. The fourth-order valence-corrected chi connectivity index (χ4v) is 3.10. The van der Waals surface area contributed by atoms with E-state index in [0.717, 1.165) is 30.6 Å². The molecule has 0 atom stereocenters. The third kappa shape index (κ3) is 4.35. The first kappa shape index (κ1) is 21.5. The second-order valence-electron chi connectivity index (χ2n) is 5.74. The molecule has 1 aromatic heterocycles. The predicted octanol–water partition coefficient (Wildman–Crippen LogP) is 4.39. The average Bonchev–Trinajstić information content (AvgIpc) is 2.93. The molecular weight excluding hydrogens is 440 g/mol. The maximum atomic E-state index is 12.6. The normalized spacial score (nSPS) is 16.5. The van der Waals surface area contributed by atoms with Crippen LogP contribution < -0.4 is 0 Å². The third-order valence-electron chi connectivity index (χ3n) is 3.68. The molecule has 0 spiro atoms. The first-order chi connectivity index (χ1) is 13.9. The summed E-state index contributed by atoms with van der Waals surface area (Å²) < 4.78 is 75.3. The van der Waals surface area contributed by atoms with Gasteiger partial charge in [0.05, 0.1) is 10.5 Å². The molecule has 1 aliphatic rings. The van der Waals surface area contributed by atoms with E-state index in [1.807, 2.05) is 0 Å². The summed E-state index contributed by atoms with van der Waals surface area (Å²) >= 11 is 0.337. The Balaban J connectivity index is 1.82. The van der Waals surface area contributed by atoms with E-state index >= 15 is 0 Å². The SMILES string of the molecule is O=C1S/C(=C\c2cnc(C(F)(F)F)nc2)C(=O)N1C(=O)c1ccc(C(F)(F)F)cc1. The van der Waals surface area contributed by atoms with Crippen molar-refractivity contribution >= 4 is 34.9 Å². The average molecular weight is 447 g/mol. The molecule has 0 N–H and O–H groups in total. The fraction of sp³-hybridized carbons (Fsp3) is 0.118. The number of carbonyl (C=O) groups is 3. The van der Waals surface area contributed by atoms with Crippen LogP contribution >= 0.6 is 11.8 Å². The van der Waals surface area contributed by atoms with Crippen LogP contribution in [-0.2, 0) is 17.1 Å². The van der Waals surface area contributed by atoms with Gasteiger partial charge in [-0.1, -0.05) is 0 Å². The van der Waals surface area contributed by atoms with Crippen molar-refractivity contribution in [2.24, 2.45) is 0 Å². The van der Waals surface area contributed by atoms with Gasteiger partial charge in [-0.3, -0.25) is 14.4 Å². The first-order valence-corrected chi connectivity index (χ1v) is 8.58. The molecule has 1 fully saturated rings. The second-order valence-corrected chi connectivity index (χ2v) is 6.73. The summed E-state index contributed by atoms with van der Waals surface area (Å²) in [5.74, 6) is -3.61. The summed E-state index contributed by atoms with van der Waals surface area (Å²) in [6, 6.07) is 2.90. The summed E-state index contributed by atoms with van der Waals surface area (Å²) in [4.78, 5) is 43.0. The minimum atomic E-state index is -4.76. The minimum Gasteiger partial charge on any atom is -0.268 e. The number of alkyl halides is 6. The first-order valence-electron chi connectivity index (χ1n) is 7.77. The molecule has 0 aliphatic carbocycles. The summed E-state index contributed by atoms with van der Waals surface area (Å²) in [6.07, 6.45) is -6.81. The number of carbonyl (C=O) groups excluding carboxylic acids is 3. The number of imide groups is 3. The van der Waals surface area contributed by atoms with Crippen LogP contribution in [0.3, 0.4) is 0 Å². The molecule has 3 rings (SSSR count). The van der Waals surface area contributed by atoms with Crippen molar-refractivity contribution in [3.8, 4) is 0 Å². The van der Waals surface area contributed by atoms with E-state index in [9.17, 15) is 40.7 Å². The molecular formula is C17H7F6N3O3S. The lowest BCUT2D eigenvalue weighted by Gasteiger charge is -2.11. The van der Waals surface area contributed by atoms with Crippen LogP contribution in [0.15, 0.2) is 41.6 Å². The van der Waals surface area contributed by atoms with Gasteiger partial charge in [-0.2, -0.15) is 26.3 Å². The standard InChI is InChI=1S/C17H7F6N3O3S/c18-16(19,20)10-3-1-9(2-4-10)12(27)26-13(28)11(30-15(26)29)5-8-6-24-14(25-7-8)17(21,22)23/h1-7H/b11-5-. The number of hydrogen-bond donors (Lipinski definition) is 0. The second kappa shape index (κ2) is 7.55. The van der Waals surface area contributed by atoms with Gasteiger partial charge in [-0.25, -0.2) is 14.9 Å². The van der Waals surface area contributed by atoms with Crippen molar-refractivity contribution in [2.75, 3.05) is 0 Å². The Bertz CT molecular complexity index is 1050. The summed E-state index contributed by atoms with van der Waals surface area (Å²) in [5.41, 5.74) is -1.38. The van der Waals surface area contributed by atoms with Crippen molar-refractivity contribution < 1.29 is 40.7 Å². The molecule has 0 saturated carbocycles. The zero-order chi connectivity index (χ0) is 22.3. The highest BCUT2D eigenvalue weighted by Crippen LogP contribution is 2.34. The number of nitrogens with zero attached hydrogens (tertiary/aromatic N) is 3. The summed E-state index contributed by atoms with van der Waals surface area (Å²) in [5, 5.41) is -1.01. The van der Waals surface area contributed by atoms with Gasteiger partial charge in [0, 0.05) is 23.5 Å². The molecule has 2 aromatic rings. The molecule has 156 valence electrons. The highest BCUT2D eigenvalue weighted by atomic mass is 32.2. The number of amides is 3. The molecule has 3 amide bonds. The topological polar surface area (TPSA) is 80.2 Å². The molecule has 30 heavy (non-hydrogen) atoms. The Morgan fingerprint density at radius 3 is 2.00 bits per heavy atom. The zero-order valence-electron chi connectivity index (χ0n) is 14.3. The molecule has 13 heteroatoms. The van der Waals surface area contributed by atoms with Crippen molar-refractivity contribution in [3.05, 3.63) is 64.1 Å². The highest BCUT2D eigenvalue weighted by molar-refractivity contribution is 8.18. The zero-order valence-corrected chi connectivity index (χ0v) is 15.1. The molecule has 0 radical (unpaired) electrons. The van der Waals surface area contributed by atoms with E-state index in [0.29, 0.717) is 23.9 Å². The number of aromatic nitrogens is 2. The van der Waals surface area contributed by atoms with Crippen LogP contribution in [-0.4, -0.2) is 31.9 Å². The van der Waals surface area contributed by atoms with Gasteiger partial charge in [-0.05, 0) is 42.1 Å². The van der Waals surface area contributed by atoms with Crippen molar-refractivity contribution in [2.45, 2.75) is 12.4 Å². The van der Waals surface area contributed by atoms with Crippen LogP contribution in [0.4, 0.5) is 31.1 Å². The van der Waals surface area contributed by atoms with E-state index < -0.39 is 40.8 Å². The molecule has 2 heterocycles. The van der Waals surface area contributed by atoms with E-state index in [1.165, 1.54) is 0 Å². The van der Waals surface area contributed by atoms with E-state index in [1.54, 1.807) is 0 Å². The number of halogens is 6. The monoisotopic (exact) mass is 447 g/mol. The molecule has 1 aliphatic heterocycles. The Kier molecular flexibility index (Phi) is 5.41. The molecule has 0 bridgehead atoms. The van der Waals surface area contributed by atoms with Crippen molar-refractivity contribution in [1.29, 1.82) is 0 Å². The van der Waals surface area contributed by atoms with Gasteiger partial charge in [0.1, 0.15) is 0 Å². The smallest absolute Gasteiger partial charge is 0.268 e. The van der Waals surface area contributed by atoms with Crippen LogP contribution in [0.1, 0.15) is 27.3 Å². The lowest BCUT2D eigenvalue weighted by molar-refractivity contribution is -0.145. The lowest BCUT2D eigenvalue weighted by atomic mass is 10.1. The maximum absolute atomic E-state index is 12.6. The number of hydrogen-bond acceptors (Lipinski definition) is 6. The van der Waals surface area contributed by atoms with Gasteiger partial charge in [0.2, 0.25) is 5.82 Å². The largest absolute Gasteiger partial charge is 0.451 e. The Labute approximate surface area is 167 Å². The quantitative estimate of drug-likeness (QED) is 0.386. The number of rotatable bonds is 2. The van der Waals surface area contributed by atoms with E-state index in [4.69, 9.17) is 0 Å². The van der Waals surface area contributed by atoms with Gasteiger partial charge in [-0.15, -0.1) is 0 Å². The number of thioether (sulfide) groups is 1. The minimum absolute atomic E-state index is 0.0320. The molecule has 6 nitrogen and oxygen atoms in total. The summed E-state index contributed by atoms with van der Waals surface area (Å²) in [6.45, 7) is 0. The number of benzene rings is 1. The van der Waals surface area contributed by atoms with Gasteiger partial charge in [0.25, 0.3) is 11.8 Å². The lowest BCUT2D eigenvalue weighted by Crippen LogP contribution is -2.34. The van der Waals surface area contributed by atoms with Crippen LogP contribution in [0.25, 0.3) is 6.08 Å². The Morgan fingerprint density at radius 2 is 1.50 bits per heavy atom. The molecule has 1 saturated heterocycles.